The van der Waals surface area contributed by atoms with Gasteiger partial charge in [-0.3, -0.25) is 9.59 Å². The zero-order valence-electron chi connectivity index (χ0n) is 16.0. The van der Waals surface area contributed by atoms with Gasteiger partial charge in [-0.25, -0.2) is 14.4 Å². The van der Waals surface area contributed by atoms with Crippen LogP contribution in [0.5, 0.6) is 0 Å². The number of benzene rings is 2. The van der Waals surface area contributed by atoms with E-state index in [0.717, 1.165) is 10.4 Å². The molecule has 152 valence electrons. The molecule has 2 aromatic carbocycles. The number of halogens is 1. The molecule has 0 spiro atoms. The van der Waals surface area contributed by atoms with E-state index in [2.05, 4.69) is 20.3 Å². The molecule has 1 amide bonds. The lowest BCUT2D eigenvalue weighted by molar-refractivity contribution is -0.116. The number of aryl methyl sites for hydroxylation is 1. The SMILES string of the molecule is O=C(CCCc1nc2ccccc2c(=O)[nH]1)Nc1ncc(Cc2ccc(F)cc2)s1. The van der Waals surface area contributed by atoms with Crippen LogP contribution in [-0.2, 0) is 17.6 Å². The summed E-state index contributed by atoms with van der Waals surface area (Å²) in [6.07, 6.45) is 3.70. The van der Waals surface area contributed by atoms with E-state index < -0.39 is 0 Å². The maximum Gasteiger partial charge on any atom is 0.258 e. The van der Waals surface area contributed by atoms with Crippen LogP contribution in [0.2, 0.25) is 0 Å². The lowest BCUT2D eigenvalue weighted by atomic mass is 10.1. The van der Waals surface area contributed by atoms with E-state index in [4.69, 9.17) is 0 Å². The summed E-state index contributed by atoms with van der Waals surface area (Å²) in [6, 6.07) is 13.5. The molecular weight excluding hydrogens is 403 g/mol. The molecule has 2 N–H and O–H groups in total. The van der Waals surface area contributed by atoms with Crippen molar-refractivity contribution in [2.45, 2.75) is 25.7 Å². The predicted molar refractivity (Wildman–Crippen MR) is 115 cm³/mol. The maximum absolute atomic E-state index is 13.0. The summed E-state index contributed by atoms with van der Waals surface area (Å²) in [7, 11) is 0. The third-order valence-corrected chi connectivity index (χ3v) is 5.48. The number of aromatic amines is 1. The Balaban J connectivity index is 1.28. The van der Waals surface area contributed by atoms with Crippen LogP contribution in [0.4, 0.5) is 9.52 Å². The summed E-state index contributed by atoms with van der Waals surface area (Å²) in [6.45, 7) is 0. The van der Waals surface area contributed by atoms with Crippen molar-refractivity contribution in [2.24, 2.45) is 0 Å². The molecule has 0 aliphatic carbocycles. The van der Waals surface area contributed by atoms with Crippen LogP contribution >= 0.6 is 11.3 Å². The smallest absolute Gasteiger partial charge is 0.258 e. The van der Waals surface area contributed by atoms with Gasteiger partial charge in [0.2, 0.25) is 5.91 Å². The average molecular weight is 422 g/mol. The van der Waals surface area contributed by atoms with Gasteiger partial charge in [-0.2, -0.15) is 0 Å². The summed E-state index contributed by atoms with van der Waals surface area (Å²) in [5.41, 5.74) is 1.46. The Morgan fingerprint density at radius 3 is 2.77 bits per heavy atom. The van der Waals surface area contributed by atoms with Crippen LogP contribution in [0, 0.1) is 5.82 Å². The molecule has 4 aromatic rings. The van der Waals surface area contributed by atoms with Gasteiger partial charge >= 0.3 is 0 Å². The van der Waals surface area contributed by atoms with Crippen molar-refractivity contribution in [3.05, 3.63) is 87.2 Å². The molecule has 0 bridgehead atoms. The molecule has 2 heterocycles. The number of hydrogen-bond donors (Lipinski definition) is 2. The van der Waals surface area contributed by atoms with Crippen LogP contribution in [0.25, 0.3) is 10.9 Å². The lowest BCUT2D eigenvalue weighted by Crippen LogP contribution is -2.14. The number of fused-ring (bicyclic) bond motifs is 1. The molecule has 0 fully saturated rings. The Kier molecular flexibility index (Phi) is 5.94. The number of thiazole rings is 1. The number of aromatic nitrogens is 3. The number of anilines is 1. The van der Waals surface area contributed by atoms with E-state index in [1.54, 1.807) is 36.5 Å². The molecule has 0 aliphatic rings. The molecule has 30 heavy (non-hydrogen) atoms. The lowest BCUT2D eigenvalue weighted by Gasteiger charge is -2.03. The van der Waals surface area contributed by atoms with E-state index in [0.29, 0.717) is 47.5 Å². The fourth-order valence-corrected chi connectivity index (χ4v) is 3.96. The molecule has 0 radical (unpaired) electrons. The molecular formula is C22H19FN4O2S. The van der Waals surface area contributed by atoms with Gasteiger partial charge in [-0.1, -0.05) is 24.3 Å². The number of hydrogen-bond acceptors (Lipinski definition) is 5. The first-order valence-electron chi connectivity index (χ1n) is 9.54. The molecule has 6 nitrogen and oxygen atoms in total. The minimum Gasteiger partial charge on any atom is -0.310 e. The van der Waals surface area contributed by atoms with Crippen LogP contribution in [0.1, 0.15) is 29.1 Å². The average Bonchev–Trinajstić information content (AvgIpc) is 3.16. The standard InChI is InChI=1S/C22H19FN4O2S/c23-15-10-8-14(9-11-15)12-16-13-24-22(30-16)27-20(28)7-3-6-19-25-18-5-2-1-4-17(18)21(29)26-19/h1-2,4-5,8-11,13H,3,6-7,12H2,(H,24,27,28)(H,25,26,29). The van der Waals surface area contributed by atoms with Gasteiger partial charge < -0.3 is 10.3 Å². The van der Waals surface area contributed by atoms with Crippen molar-refractivity contribution in [1.82, 2.24) is 15.0 Å². The monoisotopic (exact) mass is 422 g/mol. The fourth-order valence-electron chi connectivity index (χ4n) is 3.10. The highest BCUT2D eigenvalue weighted by Gasteiger charge is 2.09. The van der Waals surface area contributed by atoms with Gasteiger partial charge in [0.1, 0.15) is 11.6 Å². The van der Waals surface area contributed by atoms with Crippen molar-refractivity contribution >= 4 is 33.3 Å². The molecule has 4 rings (SSSR count). The number of nitrogens with one attached hydrogen (secondary N) is 2. The van der Waals surface area contributed by atoms with Gasteiger partial charge in [0, 0.05) is 30.3 Å². The topological polar surface area (TPSA) is 87.7 Å². The van der Waals surface area contributed by atoms with Crippen LogP contribution in [0.15, 0.2) is 59.5 Å². The Morgan fingerprint density at radius 2 is 1.93 bits per heavy atom. The van der Waals surface area contributed by atoms with Gasteiger partial charge in [0.05, 0.1) is 10.9 Å². The highest BCUT2D eigenvalue weighted by Crippen LogP contribution is 2.21. The van der Waals surface area contributed by atoms with Crippen molar-refractivity contribution in [1.29, 1.82) is 0 Å². The van der Waals surface area contributed by atoms with Crippen molar-refractivity contribution < 1.29 is 9.18 Å². The first kappa shape index (κ1) is 19.9. The van der Waals surface area contributed by atoms with Gasteiger partial charge in [-0.15, -0.1) is 11.3 Å². The Labute approximate surface area is 175 Å². The molecule has 0 saturated heterocycles. The van der Waals surface area contributed by atoms with Crippen LogP contribution < -0.4 is 10.9 Å². The number of carbonyl (C=O) groups excluding carboxylic acids is 1. The highest BCUT2D eigenvalue weighted by atomic mass is 32.1. The molecule has 2 aromatic heterocycles. The normalized spacial score (nSPS) is 11.0. The second-order valence-electron chi connectivity index (χ2n) is 6.87. The molecule has 8 heteroatoms. The second kappa shape index (κ2) is 8.96. The van der Waals surface area contributed by atoms with Crippen molar-refractivity contribution in [2.75, 3.05) is 5.32 Å². The minimum absolute atomic E-state index is 0.138. The van der Waals surface area contributed by atoms with E-state index in [9.17, 15) is 14.0 Å². The zero-order chi connectivity index (χ0) is 20.9. The summed E-state index contributed by atoms with van der Waals surface area (Å²) in [5, 5.41) is 3.89. The van der Waals surface area contributed by atoms with E-state index in [1.807, 2.05) is 6.07 Å². The number of rotatable bonds is 7. The summed E-state index contributed by atoms with van der Waals surface area (Å²) in [5.74, 6) is 0.169. The van der Waals surface area contributed by atoms with E-state index in [1.165, 1.54) is 23.5 Å². The number of carbonyl (C=O) groups is 1. The first-order chi connectivity index (χ1) is 14.6. The maximum atomic E-state index is 13.0. The van der Waals surface area contributed by atoms with Gasteiger partial charge in [0.25, 0.3) is 5.56 Å². The largest absolute Gasteiger partial charge is 0.310 e. The third kappa shape index (κ3) is 4.96. The van der Waals surface area contributed by atoms with Crippen molar-refractivity contribution in [3.63, 3.8) is 0 Å². The fraction of sp³-hybridized carbons (Fsp3) is 0.182. The van der Waals surface area contributed by atoms with Crippen molar-refractivity contribution in [3.8, 4) is 0 Å². The first-order valence-corrected chi connectivity index (χ1v) is 10.4. The highest BCUT2D eigenvalue weighted by molar-refractivity contribution is 7.15. The number of para-hydroxylation sites is 1. The van der Waals surface area contributed by atoms with Gasteiger partial charge in [-0.05, 0) is 36.2 Å². The minimum atomic E-state index is -0.265. The third-order valence-electron chi connectivity index (χ3n) is 4.57. The Morgan fingerprint density at radius 1 is 1.13 bits per heavy atom. The quantitative estimate of drug-likeness (QED) is 0.470. The van der Waals surface area contributed by atoms with Gasteiger partial charge in [0.15, 0.2) is 5.13 Å². The number of nitrogens with zero attached hydrogens (tertiary/aromatic N) is 2. The second-order valence-corrected chi connectivity index (χ2v) is 7.98. The summed E-state index contributed by atoms with van der Waals surface area (Å²) >= 11 is 1.40. The molecule has 0 aliphatic heterocycles. The molecule has 0 unspecified atom stereocenters. The summed E-state index contributed by atoms with van der Waals surface area (Å²) < 4.78 is 13.0. The van der Waals surface area contributed by atoms with Crippen LogP contribution in [-0.4, -0.2) is 20.9 Å². The van der Waals surface area contributed by atoms with E-state index >= 15 is 0 Å². The number of amides is 1. The molecule has 0 atom stereocenters. The Hall–Kier alpha value is -3.39. The summed E-state index contributed by atoms with van der Waals surface area (Å²) in [4.78, 5) is 36.7. The van der Waals surface area contributed by atoms with E-state index in [-0.39, 0.29) is 17.3 Å². The zero-order valence-corrected chi connectivity index (χ0v) is 16.8. The Bertz CT molecular complexity index is 1230. The van der Waals surface area contributed by atoms with Crippen LogP contribution in [0.3, 0.4) is 0 Å². The molecule has 0 saturated carbocycles. The number of H-pyrrole nitrogens is 1. The predicted octanol–water partition coefficient (Wildman–Crippen LogP) is 4.07.